The van der Waals surface area contributed by atoms with Crippen LogP contribution in [0.5, 0.6) is 0 Å². The van der Waals surface area contributed by atoms with E-state index in [0.717, 1.165) is 61.0 Å². The van der Waals surface area contributed by atoms with Crippen LogP contribution in [0.4, 0.5) is 5.13 Å². The van der Waals surface area contributed by atoms with E-state index in [-0.39, 0.29) is 24.0 Å². The molecule has 0 amide bonds. The first kappa shape index (κ1) is 20.9. The predicted molar refractivity (Wildman–Crippen MR) is 115 cm³/mol. The minimum absolute atomic E-state index is 0. The number of hydrogen-bond donors (Lipinski definition) is 1. The lowest BCUT2D eigenvalue weighted by Gasteiger charge is -2.36. The number of aromatic nitrogens is 3. The van der Waals surface area contributed by atoms with Crippen LogP contribution in [0.2, 0.25) is 0 Å². The lowest BCUT2D eigenvalue weighted by molar-refractivity contribution is 0.368. The van der Waals surface area contributed by atoms with Gasteiger partial charge in [0, 0.05) is 51.2 Å². The van der Waals surface area contributed by atoms with Gasteiger partial charge in [-0.3, -0.25) is 4.99 Å². The highest BCUT2D eigenvalue weighted by Crippen LogP contribution is 2.19. The Balaban J connectivity index is 0.00000243. The van der Waals surface area contributed by atoms with Gasteiger partial charge >= 0.3 is 0 Å². The van der Waals surface area contributed by atoms with E-state index in [4.69, 9.17) is 4.42 Å². The molecular formula is C16H26IN7OS. The first-order valence-electron chi connectivity index (χ1n) is 8.56. The van der Waals surface area contributed by atoms with Crippen LogP contribution >= 0.6 is 35.5 Å². The van der Waals surface area contributed by atoms with E-state index >= 15 is 0 Å². The zero-order chi connectivity index (χ0) is 17.8. The lowest BCUT2D eigenvalue weighted by Crippen LogP contribution is -2.52. The van der Waals surface area contributed by atoms with Gasteiger partial charge in [0.05, 0.1) is 12.2 Å². The van der Waals surface area contributed by atoms with Crippen molar-refractivity contribution in [3.8, 4) is 0 Å². The predicted octanol–water partition coefficient (Wildman–Crippen LogP) is 2.22. The van der Waals surface area contributed by atoms with E-state index in [1.54, 1.807) is 7.05 Å². The average Bonchev–Trinajstić information content (AvgIpc) is 3.23. The van der Waals surface area contributed by atoms with Crippen LogP contribution in [-0.2, 0) is 13.0 Å². The molecule has 0 atom stereocenters. The van der Waals surface area contributed by atoms with E-state index in [9.17, 15) is 0 Å². The smallest absolute Gasteiger partial charge is 0.214 e. The average molecular weight is 491 g/mol. The second-order valence-corrected chi connectivity index (χ2v) is 6.70. The molecule has 1 aliphatic rings. The summed E-state index contributed by atoms with van der Waals surface area (Å²) in [4.78, 5) is 17.9. The Morgan fingerprint density at radius 3 is 2.50 bits per heavy atom. The molecule has 0 aromatic carbocycles. The van der Waals surface area contributed by atoms with Gasteiger partial charge in [0.1, 0.15) is 11.6 Å². The van der Waals surface area contributed by atoms with Crippen LogP contribution < -0.4 is 10.2 Å². The Kier molecular flexibility index (Phi) is 7.62. The second-order valence-electron chi connectivity index (χ2n) is 5.97. The van der Waals surface area contributed by atoms with Crippen molar-refractivity contribution in [1.29, 1.82) is 0 Å². The molecule has 0 saturated carbocycles. The van der Waals surface area contributed by atoms with Crippen molar-refractivity contribution >= 4 is 46.6 Å². The summed E-state index contributed by atoms with van der Waals surface area (Å²) in [6.07, 6.45) is 0.882. The Hall–Kier alpha value is -1.43. The summed E-state index contributed by atoms with van der Waals surface area (Å²) in [7, 11) is 1.80. The number of halogens is 1. The Bertz CT molecular complexity index is 717. The molecule has 3 heterocycles. The van der Waals surface area contributed by atoms with Crippen molar-refractivity contribution in [3.05, 3.63) is 23.2 Å². The first-order chi connectivity index (χ1) is 12.1. The van der Waals surface area contributed by atoms with Gasteiger partial charge in [0.15, 0.2) is 5.96 Å². The number of guanidine groups is 1. The maximum atomic E-state index is 5.62. The number of aliphatic imine (C=N–C) groups is 1. The summed E-state index contributed by atoms with van der Waals surface area (Å²) in [5, 5.41) is 4.36. The molecule has 1 aliphatic heterocycles. The minimum Gasteiger partial charge on any atom is -0.444 e. The van der Waals surface area contributed by atoms with E-state index < -0.39 is 0 Å². The van der Waals surface area contributed by atoms with Gasteiger partial charge in [-0.25, -0.2) is 9.97 Å². The quantitative estimate of drug-likeness (QED) is 0.399. The molecule has 0 radical (unpaired) electrons. The third-order valence-corrected chi connectivity index (χ3v) is 5.12. The largest absolute Gasteiger partial charge is 0.444 e. The number of oxazole rings is 1. The van der Waals surface area contributed by atoms with Crippen LogP contribution in [-0.4, -0.2) is 58.4 Å². The SMILES string of the molecule is CCc1nsc(N2CCN(C(=NC)NCc3nc(C)c(C)o3)CC2)n1.I. The summed E-state index contributed by atoms with van der Waals surface area (Å²) in [5.74, 6) is 3.36. The fraction of sp³-hybridized carbons (Fsp3) is 0.625. The fourth-order valence-electron chi connectivity index (χ4n) is 2.73. The Morgan fingerprint density at radius 2 is 1.96 bits per heavy atom. The van der Waals surface area contributed by atoms with Crippen LogP contribution in [0.15, 0.2) is 9.41 Å². The highest BCUT2D eigenvalue weighted by Gasteiger charge is 2.22. The number of nitrogens with one attached hydrogen (secondary N) is 1. The molecule has 26 heavy (non-hydrogen) atoms. The highest BCUT2D eigenvalue weighted by atomic mass is 127. The topological polar surface area (TPSA) is 82.7 Å². The number of piperazine rings is 1. The molecule has 0 unspecified atom stereocenters. The maximum absolute atomic E-state index is 5.62. The molecule has 0 aliphatic carbocycles. The molecule has 2 aromatic heterocycles. The standard InChI is InChI=1S/C16H25N7OS.HI/c1-5-13-20-16(25-21-13)23-8-6-22(7-9-23)15(17-4)18-10-14-19-11(2)12(3)24-14;/h5-10H2,1-4H3,(H,17,18);1H. The lowest BCUT2D eigenvalue weighted by atomic mass is 10.3. The van der Waals surface area contributed by atoms with E-state index in [1.165, 1.54) is 11.5 Å². The first-order valence-corrected chi connectivity index (χ1v) is 9.34. The molecule has 3 rings (SSSR count). The van der Waals surface area contributed by atoms with E-state index in [1.807, 2.05) is 13.8 Å². The van der Waals surface area contributed by atoms with Crippen molar-refractivity contribution in [2.45, 2.75) is 33.7 Å². The summed E-state index contributed by atoms with van der Waals surface area (Å²) < 4.78 is 9.99. The molecule has 8 nitrogen and oxygen atoms in total. The molecule has 10 heteroatoms. The van der Waals surface area contributed by atoms with Crippen LogP contribution in [0.25, 0.3) is 0 Å². The van der Waals surface area contributed by atoms with Gasteiger partial charge in [-0.2, -0.15) is 4.37 Å². The van der Waals surface area contributed by atoms with Gasteiger partial charge < -0.3 is 19.5 Å². The third kappa shape index (κ3) is 4.84. The highest BCUT2D eigenvalue weighted by molar-refractivity contribution is 14.0. The molecule has 0 bridgehead atoms. The molecule has 2 aromatic rings. The van der Waals surface area contributed by atoms with Crippen molar-refractivity contribution in [2.24, 2.45) is 4.99 Å². The second kappa shape index (κ2) is 9.49. The van der Waals surface area contributed by atoms with Gasteiger partial charge in [0.25, 0.3) is 0 Å². The summed E-state index contributed by atoms with van der Waals surface area (Å²) in [5.41, 5.74) is 0.934. The number of nitrogens with zero attached hydrogens (tertiary/aromatic N) is 6. The van der Waals surface area contributed by atoms with Crippen LogP contribution in [0, 0.1) is 13.8 Å². The van der Waals surface area contributed by atoms with Gasteiger partial charge in [0.2, 0.25) is 11.0 Å². The number of rotatable bonds is 4. The van der Waals surface area contributed by atoms with Gasteiger partial charge in [-0.05, 0) is 13.8 Å². The van der Waals surface area contributed by atoms with Gasteiger partial charge in [-0.1, -0.05) is 6.92 Å². The molecule has 1 N–H and O–H groups in total. The Morgan fingerprint density at radius 1 is 1.23 bits per heavy atom. The number of anilines is 1. The summed E-state index contributed by atoms with van der Waals surface area (Å²) >= 11 is 1.49. The van der Waals surface area contributed by atoms with E-state index in [0.29, 0.717) is 12.4 Å². The van der Waals surface area contributed by atoms with E-state index in [2.05, 4.69) is 41.4 Å². The molecule has 144 valence electrons. The van der Waals surface area contributed by atoms with Crippen LogP contribution in [0.1, 0.15) is 30.1 Å². The van der Waals surface area contributed by atoms with Crippen molar-refractivity contribution < 1.29 is 4.42 Å². The Labute approximate surface area is 175 Å². The normalized spacial score (nSPS) is 15.2. The van der Waals surface area contributed by atoms with Gasteiger partial charge in [-0.15, -0.1) is 24.0 Å². The van der Waals surface area contributed by atoms with Crippen molar-refractivity contribution in [2.75, 3.05) is 38.1 Å². The third-order valence-electron chi connectivity index (χ3n) is 4.31. The number of hydrogen-bond acceptors (Lipinski definition) is 7. The monoisotopic (exact) mass is 491 g/mol. The molecule has 0 spiro atoms. The molecule has 1 saturated heterocycles. The van der Waals surface area contributed by atoms with Crippen LogP contribution in [0.3, 0.4) is 0 Å². The molecule has 1 fully saturated rings. The summed E-state index contributed by atoms with van der Waals surface area (Å²) in [6, 6.07) is 0. The van der Waals surface area contributed by atoms with Crippen molar-refractivity contribution in [3.63, 3.8) is 0 Å². The van der Waals surface area contributed by atoms with Crippen molar-refractivity contribution in [1.82, 2.24) is 24.6 Å². The maximum Gasteiger partial charge on any atom is 0.214 e. The number of aryl methyl sites for hydroxylation is 3. The molecular weight excluding hydrogens is 465 g/mol. The zero-order valence-corrected chi connectivity index (χ0v) is 18.8. The fourth-order valence-corrected chi connectivity index (χ4v) is 3.53. The zero-order valence-electron chi connectivity index (χ0n) is 15.7. The summed E-state index contributed by atoms with van der Waals surface area (Å²) in [6.45, 7) is 10.1. The minimum atomic E-state index is 0.